The minimum atomic E-state index is -0.162. The number of aliphatic hydroxyl groups is 1. The molecule has 2 N–H and O–H groups in total. The molecule has 1 heterocycles. The average Bonchev–Trinajstić information content (AvgIpc) is 2.38. The van der Waals surface area contributed by atoms with E-state index < -0.39 is 0 Å². The van der Waals surface area contributed by atoms with E-state index in [-0.39, 0.29) is 12.1 Å². The lowest BCUT2D eigenvalue weighted by Crippen LogP contribution is -2.56. The summed E-state index contributed by atoms with van der Waals surface area (Å²) >= 11 is 0. The maximum atomic E-state index is 9.48. The third-order valence-electron chi connectivity index (χ3n) is 4.52. The van der Waals surface area contributed by atoms with Crippen molar-refractivity contribution in [1.82, 2.24) is 15.1 Å². The summed E-state index contributed by atoms with van der Waals surface area (Å²) in [5, 5.41) is 12.7. The van der Waals surface area contributed by atoms with E-state index >= 15 is 0 Å². The van der Waals surface area contributed by atoms with Crippen molar-refractivity contribution in [2.45, 2.75) is 51.7 Å². The molecule has 18 heavy (non-hydrogen) atoms. The Labute approximate surface area is 112 Å². The molecule has 1 aliphatic rings. The van der Waals surface area contributed by atoms with Gasteiger partial charge in [-0.1, -0.05) is 6.92 Å². The summed E-state index contributed by atoms with van der Waals surface area (Å²) < 4.78 is 0. The summed E-state index contributed by atoms with van der Waals surface area (Å²) in [6.07, 6.45) is 0.985. The quantitative estimate of drug-likeness (QED) is 0.737. The molecule has 0 saturated carbocycles. The number of nitrogens with one attached hydrogen (secondary N) is 1. The summed E-state index contributed by atoms with van der Waals surface area (Å²) in [5.41, 5.74) is -0.162. The van der Waals surface area contributed by atoms with Gasteiger partial charge in [0.2, 0.25) is 0 Å². The van der Waals surface area contributed by atoms with Crippen LogP contribution in [0.4, 0.5) is 0 Å². The van der Waals surface area contributed by atoms with Gasteiger partial charge in [-0.15, -0.1) is 0 Å². The average molecular weight is 257 g/mol. The van der Waals surface area contributed by atoms with Crippen LogP contribution in [0.25, 0.3) is 0 Å². The van der Waals surface area contributed by atoms with Crippen LogP contribution in [0.5, 0.6) is 0 Å². The number of hydrogen-bond donors (Lipinski definition) is 2. The molecule has 0 aromatic carbocycles. The molecule has 0 aromatic rings. The van der Waals surface area contributed by atoms with E-state index in [1.54, 1.807) is 0 Å². The number of rotatable bonds is 6. The maximum absolute atomic E-state index is 9.48. The molecule has 0 spiro atoms. The number of piperazine rings is 1. The van der Waals surface area contributed by atoms with Crippen LogP contribution in [0.2, 0.25) is 0 Å². The normalized spacial score (nSPS) is 28.0. The molecule has 0 amide bonds. The van der Waals surface area contributed by atoms with E-state index in [2.05, 4.69) is 42.8 Å². The van der Waals surface area contributed by atoms with Gasteiger partial charge in [0.1, 0.15) is 0 Å². The maximum Gasteiger partial charge on any atom is 0.0611 e. The van der Waals surface area contributed by atoms with Crippen molar-refractivity contribution in [3.05, 3.63) is 0 Å². The minimum absolute atomic E-state index is 0.162. The molecule has 4 heteroatoms. The fourth-order valence-corrected chi connectivity index (χ4v) is 2.92. The van der Waals surface area contributed by atoms with Crippen LogP contribution in [0, 0.1) is 0 Å². The molecule has 3 atom stereocenters. The van der Waals surface area contributed by atoms with Gasteiger partial charge in [0.05, 0.1) is 6.61 Å². The third-order valence-corrected chi connectivity index (χ3v) is 4.52. The van der Waals surface area contributed by atoms with E-state index in [1.807, 2.05) is 7.05 Å². The summed E-state index contributed by atoms with van der Waals surface area (Å²) in [7, 11) is 1.93. The monoisotopic (exact) mass is 257 g/mol. The number of aliphatic hydroxyl groups excluding tert-OH is 1. The van der Waals surface area contributed by atoms with Gasteiger partial charge < -0.3 is 10.4 Å². The number of hydrogen-bond acceptors (Lipinski definition) is 4. The molecule has 1 aliphatic heterocycles. The molecule has 0 aliphatic carbocycles. The van der Waals surface area contributed by atoms with Crippen molar-refractivity contribution >= 4 is 0 Å². The smallest absolute Gasteiger partial charge is 0.0611 e. The molecule has 0 aromatic heterocycles. The molecular formula is C14H31N3O. The highest BCUT2D eigenvalue weighted by Crippen LogP contribution is 2.19. The molecule has 0 radical (unpaired) electrons. The lowest BCUT2D eigenvalue weighted by atomic mass is 9.93. The molecule has 4 nitrogen and oxygen atoms in total. The molecule has 108 valence electrons. The Bertz CT molecular complexity index is 243. The Hall–Kier alpha value is -0.160. The van der Waals surface area contributed by atoms with Gasteiger partial charge in [0.15, 0.2) is 0 Å². The Balaban J connectivity index is 2.51. The first kappa shape index (κ1) is 15.9. The van der Waals surface area contributed by atoms with Crippen molar-refractivity contribution in [2.24, 2.45) is 0 Å². The van der Waals surface area contributed by atoms with Crippen molar-refractivity contribution in [3.63, 3.8) is 0 Å². The highest BCUT2D eigenvalue weighted by molar-refractivity contribution is 4.88. The van der Waals surface area contributed by atoms with Crippen LogP contribution >= 0.6 is 0 Å². The predicted octanol–water partition coefficient (Wildman–Crippen LogP) is 0.761. The zero-order valence-corrected chi connectivity index (χ0v) is 12.7. The van der Waals surface area contributed by atoms with Crippen LogP contribution in [0.1, 0.15) is 34.1 Å². The Kier molecular flexibility index (Phi) is 6.05. The highest BCUT2D eigenvalue weighted by atomic mass is 16.3. The fraction of sp³-hybridized carbons (Fsp3) is 1.00. The Morgan fingerprint density at radius 3 is 2.56 bits per heavy atom. The lowest BCUT2D eigenvalue weighted by Gasteiger charge is -2.44. The molecule has 1 rings (SSSR count). The first-order chi connectivity index (χ1) is 8.45. The van der Waals surface area contributed by atoms with E-state index in [4.69, 9.17) is 0 Å². The van der Waals surface area contributed by atoms with Crippen molar-refractivity contribution in [1.29, 1.82) is 0 Å². The Morgan fingerprint density at radius 2 is 2.11 bits per heavy atom. The molecule has 0 bridgehead atoms. The van der Waals surface area contributed by atoms with Crippen LogP contribution in [-0.2, 0) is 0 Å². The van der Waals surface area contributed by atoms with Crippen LogP contribution in [-0.4, -0.2) is 72.4 Å². The van der Waals surface area contributed by atoms with Crippen molar-refractivity contribution < 1.29 is 5.11 Å². The number of nitrogens with zero attached hydrogens (tertiary/aromatic N) is 2. The second-order valence-electron chi connectivity index (χ2n) is 5.99. The first-order valence-electron chi connectivity index (χ1n) is 7.23. The molecule has 3 unspecified atom stereocenters. The largest absolute Gasteiger partial charge is 0.394 e. The van der Waals surface area contributed by atoms with Gasteiger partial charge in [-0.2, -0.15) is 0 Å². The SMILES string of the molecule is CCN1CCN(C(C)CC(C)(CO)NC)CC1C. The standard InChI is InChI=1S/C14H31N3O/c1-6-16-7-8-17(10-13(16)3)12(2)9-14(4,11-18)15-5/h12-13,15,18H,6-11H2,1-5H3. The van der Waals surface area contributed by atoms with E-state index in [0.717, 1.165) is 32.6 Å². The highest BCUT2D eigenvalue weighted by Gasteiger charge is 2.30. The van der Waals surface area contributed by atoms with E-state index in [9.17, 15) is 5.11 Å². The zero-order valence-electron chi connectivity index (χ0n) is 12.7. The lowest BCUT2D eigenvalue weighted by molar-refractivity contribution is 0.0457. The minimum Gasteiger partial charge on any atom is -0.394 e. The van der Waals surface area contributed by atoms with Crippen molar-refractivity contribution in [3.8, 4) is 0 Å². The van der Waals surface area contributed by atoms with Gasteiger partial charge in [-0.3, -0.25) is 9.80 Å². The molecule has 1 saturated heterocycles. The summed E-state index contributed by atoms with van der Waals surface area (Å²) in [4.78, 5) is 5.09. The Morgan fingerprint density at radius 1 is 1.44 bits per heavy atom. The zero-order chi connectivity index (χ0) is 13.8. The van der Waals surface area contributed by atoms with Crippen LogP contribution < -0.4 is 5.32 Å². The second-order valence-corrected chi connectivity index (χ2v) is 5.99. The van der Waals surface area contributed by atoms with E-state index in [1.165, 1.54) is 0 Å². The van der Waals surface area contributed by atoms with Gasteiger partial charge in [0.25, 0.3) is 0 Å². The third kappa shape index (κ3) is 3.92. The van der Waals surface area contributed by atoms with Gasteiger partial charge in [-0.25, -0.2) is 0 Å². The summed E-state index contributed by atoms with van der Waals surface area (Å²) in [5.74, 6) is 0. The first-order valence-corrected chi connectivity index (χ1v) is 7.23. The topological polar surface area (TPSA) is 38.7 Å². The van der Waals surface area contributed by atoms with E-state index in [0.29, 0.717) is 12.1 Å². The van der Waals surface area contributed by atoms with Crippen molar-refractivity contribution in [2.75, 3.05) is 39.8 Å². The summed E-state index contributed by atoms with van der Waals surface area (Å²) in [6.45, 7) is 13.7. The second kappa shape index (κ2) is 6.85. The number of likely N-dealkylation sites (N-methyl/N-ethyl adjacent to an activating group) is 2. The van der Waals surface area contributed by atoms with Gasteiger partial charge in [-0.05, 0) is 40.8 Å². The van der Waals surface area contributed by atoms with Gasteiger partial charge in [0, 0.05) is 37.3 Å². The van der Waals surface area contributed by atoms with Crippen LogP contribution in [0.15, 0.2) is 0 Å². The molecular weight excluding hydrogens is 226 g/mol. The summed E-state index contributed by atoms with van der Waals surface area (Å²) in [6, 6.07) is 1.15. The predicted molar refractivity (Wildman–Crippen MR) is 76.9 cm³/mol. The fourth-order valence-electron chi connectivity index (χ4n) is 2.92. The molecule has 1 fully saturated rings. The van der Waals surface area contributed by atoms with Gasteiger partial charge >= 0.3 is 0 Å². The van der Waals surface area contributed by atoms with Crippen LogP contribution in [0.3, 0.4) is 0 Å².